The van der Waals surface area contributed by atoms with Gasteiger partial charge in [0.25, 0.3) is 0 Å². The lowest BCUT2D eigenvalue weighted by molar-refractivity contribution is -0.121. The number of rotatable bonds is 4. The SMILES string of the molecule is COc1ccc(Cl)cc1CC(=O)C(C)C. The Morgan fingerprint density at radius 3 is 2.67 bits per heavy atom. The zero-order chi connectivity index (χ0) is 11.4. The molecule has 0 spiro atoms. The van der Waals surface area contributed by atoms with Gasteiger partial charge >= 0.3 is 0 Å². The van der Waals surface area contributed by atoms with Crippen molar-refractivity contribution in [1.82, 2.24) is 0 Å². The molecule has 15 heavy (non-hydrogen) atoms. The van der Waals surface area contributed by atoms with Gasteiger partial charge in [-0.3, -0.25) is 4.79 Å². The average molecular weight is 227 g/mol. The number of hydrogen-bond donors (Lipinski definition) is 0. The van der Waals surface area contributed by atoms with E-state index in [1.165, 1.54) is 0 Å². The number of carbonyl (C=O) groups is 1. The van der Waals surface area contributed by atoms with Gasteiger partial charge in [-0.25, -0.2) is 0 Å². The van der Waals surface area contributed by atoms with Crippen LogP contribution in [0, 0.1) is 5.92 Å². The van der Waals surface area contributed by atoms with Crippen molar-refractivity contribution in [2.75, 3.05) is 7.11 Å². The van der Waals surface area contributed by atoms with Gasteiger partial charge in [0.1, 0.15) is 11.5 Å². The standard InChI is InChI=1S/C12H15ClO2/c1-8(2)11(14)7-9-6-10(13)4-5-12(9)15-3/h4-6,8H,7H2,1-3H3. The molecule has 0 aliphatic carbocycles. The molecule has 1 aromatic rings. The van der Waals surface area contributed by atoms with Crippen LogP contribution in [0.15, 0.2) is 18.2 Å². The predicted octanol–water partition coefficient (Wildman–Crippen LogP) is 3.12. The van der Waals surface area contributed by atoms with E-state index in [2.05, 4.69) is 0 Å². The molecule has 0 N–H and O–H groups in total. The molecule has 0 aliphatic heterocycles. The first-order valence-electron chi connectivity index (χ1n) is 4.89. The van der Waals surface area contributed by atoms with E-state index in [4.69, 9.17) is 16.3 Å². The number of methoxy groups -OCH3 is 1. The molecule has 82 valence electrons. The molecule has 0 amide bonds. The molecule has 0 heterocycles. The summed E-state index contributed by atoms with van der Waals surface area (Å²) in [6.07, 6.45) is 0.376. The second kappa shape index (κ2) is 5.17. The normalized spacial score (nSPS) is 10.5. The molecule has 0 fully saturated rings. The highest BCUT2D eigenvalue weighted by atomic mass is 35.5. The summed E-state index contributed by atoms with van der Waals surface area (Å²) >= 11 is 5.87. The van der Waals surface area contributed by atoms with Crippen LogP contribution in [-0.2, 0) is 11.2 Å². The Balaban J connectivity index is 2.92. The Morgan fingerprint density at radius 1 is 1.47 bits per heavy atom. The Labute approximate surface area is 95.2 Å². The Bertz CT molecular complexity index is 359. The van der Waals surface area contributed by atoms with E-state index in [9.17, 15) is 4.79 Å². The van der Waals surface area contributed by atoms with Crippen LogP contribution >= 0.6 is 11.6 Å². The number of ether oxygens (including phenoxy) is 1. The summed E-state index contributed by atoms with van der Waals surface area (Å²) in [6, 6.07) is 5.32. The predicted molar refractivity (Wildman–Crippen MR) is 61.6 cm³/mol. The fourth-order valence-electron chi connectivity index (χ4n) is 1.28. The lowest BCUT2D eigenvalue weighted by Crippen LogP contribution is -2.10. The van der Waals surface area contributed by atoms with Crippen LogP contribution in [0.1, 0.15) is 19.4 Å². The number of halogens is 1. The monoisotopic (exact) mass is 226 g/mol. The highest BCUT2D eigenvalue weighted by molar-refractivity contribution is 6.30. The first kappa shape index (κ1) is 12.1. The summed E-state index contributed by atoms with van der Waals surface area (Å²) in [4.78, 5) is 11.6. The topological polar surface area (TPSA) is 26.3 Å². The minimum absolute atomic E-state index is 0.0358. The van der Waals surface area contributed by atoms with Crippen molar-refractivity contribution in [3.8, 4) is 5.75 Å². The van der Waals surface area contributed by atoms with Gasteiger partial charge in [-0.05, 0) is 18.2 Å². The summed E-state index contributed by atoms with van der Waals surface area (Å²) in [6.45, 7) is 3.78. The molecular formula is C12H15ClO2. The molecule has 0 unspecified atom stereocenters. The van der Waals surface area contributed by atoms with Crippen molar-refractivity contribution in [3.63, 3.8) is 0 Å². The molecular weight excluding hydrogens is 212 g/mol. The van der Waals surface area contributed by atoms with Gasteiger partial charge in [0.05, 0.1) is 7.11 Å². The number of carbonyl (C=O) groups excluding carboxylic acids is 1. The minimum atomic E-state index is 0.0358. The summed E-state index contributed by atoms with van der Waals surface area (Å²) < 4.78 is 5.17. The van der Waals surface area contributed by atoms with Crippen LogP contribution in [0.4, 0.5) is 0 Å². The van der Waals surface area contributed by atoms with E-state index in [1.54, 1.807) is 25.3 Å². The Kier molecular flexibility index (Phi) is 4.15. The first-order chi connectivity index (χ1) is 7.04. The first-order valence-corrected chi connectivity index (χ1v) is 5.27. The summed E-state index contributed by atoms with van der Waals surface area (Å²) in [5.74, 6) is 0.942. The second-order valence-electron chi connectivity index (χ2n) is 3.75. The van der Waals surface area contributed by atoms with Crippen molar-refractivity contribution in [3.05, 3.63) is 28.8 Å². The summed E-state index contributed by atoms with van der Waals surface area (Å²) in [5.41, 5.74) is 0.851. The molecule has 0 radical (unpaired) electrons. The fourth-order valence-corrected chi connectivity index (χ4v) is 1.47. The maximum absolute atomic E-state index is 11.6. The molecule has 0 aromatic heterocycles. The van der Waals surface area contributed by atoms with E-state index < -0.39 is 0 Å². The molecule has 1 rings (SSSR count). The van der Waals surface area contributed by atoms with Gasteiger partial charge in [-0.1, -0.05) is 25.4 Å². The lowest BCUT2D eigenvalue weighted by atomic mass is 10.0. The van der Waals surface area contributed by atoms with Crippen LogP contribution < -0.4 is 4.74 Å². The van der Waals surface area contributed by atoms with Gasteiger partial charge in [0, 0.05) is 22.9 Å². The Morgan fingerprint density at radius 2 is 2.13 bits per heavy atom. The Hall–Kier alpha value is -1.02. The molecule has 0 bridgehead atoms. The van der Waals surface area contributed by atoms with Crippen LogP contribution in [0.25, 0.3) is 0 Å². The lowest BCUT2D eigenvalue weighted by Gasteiger charge is -2.09. The number of Topliss-reactive ketones (excluding diaryl/α,β-unsaturated/α-hetero) is 1. The highest BCUT2D eigenvalue weighted by Crippen LogP contribution is 2.23. The summed E-state index contributed by atoms with van der Waals surface area (Å²) in [7, 11) is 1.59. The van der Waals surface area contributed by atoms with Gasteiger partial charge < -0.3 is 4.74 Å². The van der Waals surface area contributed by atoms with E-state index >= 15 is 0 Å². The maximum Gasteiger partial charge on any atom is 0.139 e. The van der Waals surface area contributed by atoms with E-state index in [0.29, 0.717) is 17.2 Å². The van der Waals surface area contributed by atoms with Gasteiger partial charge in [0.15, 0.2) is 0 Å². The molecule has 1 aromatic carbocycles. The third-order valence-corrected chi connectivity index (χ3v) is 2.49. The zero-order valence-electron chi connectivity index (χ0n) is 9.21. The molecule has 0 aliphatic rings. The van der Waals surface area contributed by atoms with Crippen molar-refractivity contribution in [2.24, 2.45) is 5.92 Å². The van der Waals surface area contributed by atoms with Crippen molar-refractivity contribution in [2.45, 2.75) is 20.3 Å². The van der Waals surface area contributed by atoms with Gasteiger partial charge in [-0.15, -0.1) is 0 Å². The zero-order valence-corrected chi connectivity index (χ0v) is 9.97. The average Bonchev–Trinajstić information content (AvgIpc) is 2.18. The molecule has 0 saturated carbocycles. The molecule has 2 nitrogen and oxygen atoms in total. The van der Waals surface area contributed by atoms with Crippen LogP contribution in [-0.4, -0.2) is 12.9 Å². The third kappa shape index (κ3) is 3.24. The molecule has 3 heteroatoms. The smallest absolute Gasteiger partial charge is 0.139 e. The third-order valence-electron chi connectivity index (χ3n) is 2.25. The van der Waals surface area contributed by atoms with Crippen LogP contribution in [0.3, 0.4) is 0 Å². The minimum Gasteiger partial charge on any atom is -0.496 e. The second-order valence-corrected chi connectivity index (χ2v) is 4.19. The van der Waals surface area contributed by atoms with Crippen molar-refractivity contribution >= 4 is 17.4 Å². The quantitative estimate of drug-likeness (QED) is 0.789. The van der Waals surface area contributed by atoms with Crippen LogP contribution in [0.5, 0.6) is 5.75 Å². The van der Waals surface area contributed by atoms with E-state index in [0.717, 1.165) is 5.56 Å². The van der Waals surface area contributed by atoms with Crippen molar-refractivity contribution < 1.29 is 9.53 Å². The van der Waals surface area contributed by atoms with E-state index in [1.807, 2.05) is 13.8 Å². The number of hydrogen-bond acceptors (Lipinski definition) is 2. The molecule has 0 saturated heterocycles. The summed E-state index contributed by atoms with van der Waals surface area (Å²) in [5, 5.41) is 0.627. The number of benzene rings is 1. The highest BCUT2D eigenvalue weighted by Gasteiger charge is 2.12. The maximum atomic E-state index is 11.6. The largest absolute Gasteiger partial charge is 0.496 e. The van der Waals surface area contributed by atoms with E-state index in [-0.39, 0.29) is 11.7 Å². The van der Waals surface area contributed by atoms with Gasteiger partial charge in [0.2, 0.25) is 0 Å². The molecule has 0 atom stereocenters. The van der Waals surface area contributed by atoms with Crippen LogP contribution in [0.2, 0.25) is 5.02 Å². The van der Waals surface area contributed by atoms with Crippen molar-refractivity contribution in [1.29, 1.82) is 0 Å². The fraction of sp³-hybridized carbons (Fsp3) is 0.417. The number of ketones is 1. The van der Waals surface area contributed by atoms with Gasteiger partial charge in [-0.2, -0.15) is 0 Å².